The Balaban J connectivity index is 1.50. The van der Waals surface area contributed by atoms with E-state index in [2.05, 4.69) is 0 Å². The third kappa shape index (κ3) is 2.99. The Hall–Kier alpha value is -2.80. The molecule has 0 aliphatic carbocycles. The first-order chi connectivity index (χ1) is 14.6. The van der Waals surface area contributed by atoms with Gasteiger partial charge in [0.15, 0.2) is 28.8 Å². The third-order valence-corrected chi connectivity index (χ3v) is 6.50. The molecule has 0 saturated carbocycles. The Morgan fingerprint density at radius 3 is 2.77 bits per heavy atom. The van der Waals surface area contributed by atoms with E-state index in [0.29, 0.717) is 29.4 Å². The Kier molecular flexibility index (Phi) is 4.58. The van der Waals surface area contributed by atoms with Crippen molar-refractivity contribution in [3.8, 4) is 23.0 Å². The molecule has 1 unspecified atom stereocenters. The summed E-state index contributed by atoms with van der Waals surface area (Å²) in [5.41, 5.74) is 2.54. The number of quaternary nitrogens is 1. The highest BCUT2D eigenvalue weighted by molar-refractivity contribution is 5.96. The summed E-state index contributed by atoms with van der Waals surface area (Å²) in [6.45, 7) is 5.39. The Morgan fingerprint density at radius 2 is 2.07 bits per heavy atom. The normalized spacial score (nSPS) is 20.0. The molecule has 0 bridgehead atoms. The number of halogens is 1. The first-order valence-electron chi connectivity index (χ1n) is 10.4. The summed E-state index contributed by atoms with van der Waals surface area (Å²) in [6.07, 6.45) is 1.20. The van der Waals surface area contributed by atoms with E-state index in [-0.39, 0.29) is 30.8 Å². The fourth-order valence-corrected chi connectivity index (χ4v) is 4.82. The number of nitrogens with zero attached hydrogens (tertiary/aromatic N) is 1. The van der Waals surface area contributed by atoms with Gasteiger partial charge in [-0.1, -0.05) is 0 Å². The van der Waals surface area contributed by atoms with Crippen LogP contribution in [0.15, 0.2) is 24.3 Å². The number of ether oxygens (including phenoxy) is 4. The minimum Gasteiger partial charge on any atom is -0.492 e. The number of fused-ring (bicyclic) bond motifs is 2. The van der Waals surface area contributed by atoms with Gasteiger partial charge in [-0.15, -0.1) is 0 Å². The van der Waals surface area contributed by atoms with Crippen LogP contribution in [0.5, 0.6) is 23.0 Å². The van der Waals surface area contributed by atoms with Gasteiger partial charge >= 0.3 is 0 Å². The molecule has 0 aromatic heterocycles. The van der Waals surface area contributed by atoms with E-state index < -0.39 is 5.82 Å². The van der Waals surface area contributed by atoms with Gasteiger partial charge in [-0.3, -0.25) is 4.79 Å². The van der Waals surface area contributed by atoms with Crippen LogP contribution in [0.1, 0.15) is 40.9 Å². The van der Waals surface area contributed by atoms with Crippen LogP contribution in [0.25, 0.3) is 0 Å². The van der Waals surface area contributed by atoms with Gasteiger partial charge in [0.1, 0.15) is 19.1 Å². The standard InChI is InChI=1S/C23H25FNO5/c1-3-28-19-5-4-14(10-16(19)24)18(26)12-17-21-15(6-7-25(17)8-9-25)11-20-22(23(21)27-2)30-13-29-20/h4-5,10-11,17H,3,6-9,12-13H2,1-2H3/q+1. The van der Waals surface area contributed by atoms with Crippen LogP contribution in [0.4, 0.5) is 4.39 Å². The third-order valence-electron chi connectivity index (χ3n) is 6.50. The van der Waals surface area contributed by atoms with Crippen LogP contribution in [-0.2, 0) is 6.42 Å². The van der Waals surface area contributed by atoms with Gasteiger partial charge in [-0.05, 0) is 36.8 Å². The molecule has 5 rings (SSSR count). The summed E-state index contributed by atoms with van der Waals surface area (Å²) < 4.78 is 37.4. The van der Waals surface area contributed by atoms with Crippen LogP contribution in [-0.4, -0.2) is 50.4 Å². The van der Waals surface area contributed by atoms with Crippen molar-refractivity contribution in [2.24, 2.45) is 0 Å². The molecule has 158 valence electrons. The Bertz CT molecular complexity index is 1020. The molecule has 0 radical (unpaired) electrons. The summed E-state index contributed by atoms with van der Waals surface area (Å²) in [5, 5.41) is 0. The van der Waals surface area contributed by atoms with Gasteiger partial charge in [0.05, 0.1) is 32.2 Å². The molecule has 3 heterocycles. The molecular weight excluding hydrogens is 389 g/mol. The van der Waals surface area contributed by atoms with Gasteiger partial charge in [0.2, 0.25) is 12.5 Å². The second-order valence-electron chi connectivity index (χ2n) is 8.08. The number of carbonyl (C=O) groups excluding carboxylic acids is 1. The fourth-order valence-electron chi connectivity index (χ4n) is 4.82. The topological polar surface area (TPSA) is 54.0 Å². The second kappa shape index (κ2) is 7.16. The van der Waals surface area contributed by atoms with E-state index in [0.717, 1.165) is 41.7 Å². The molecule has 6 nitrogen and oxygen atoms in total. The zero-order valence-electron chi connectivity index (χ0n) is 17.2. The van der Waals surface area contributed by atoms with Crippen LogP contribution >= 0.6 is 0 Å². The summed E-state index contributed by atoms with van der Waals surface area (Å²) in [7, 11) is 1.62. The van der Waals surface area contributed by atoms with E-state index in [1.165, 1.54) is 12.1 Å². The number of Topliss-reactive ketones (excluding diaryl/α,β-unsaturated/α-hetero) is 1. The molecule has 0 amide bonds. The lowest BCUT2D eigenvalue weighted by molar-refractivity contribution is -0.835. The lowest BCUT2D eigenvalue weighted by Crippen LogP contribution is -2.39. The second-order valence-corrected chi connectivity index (χ2v) is 8.08. The molecule has 0 N–H and O–H groups in total. The maximum atomic E-state index is 14.3. The monoisotopic (exact) mass is 414 g/mol. The molecule has 1 fully saturated rings. The fraction of sp³-hybridized carbons (Fsp3) is 0.435. The first kappa shape index (κ1) is 19.2. The van der Waals surface area contributed by atoms with Crippen molar-refractivity contribution in [3.05, 3.63) is 46.8 Å². The summed E-state index contributed by atoms with van der Waals surface area (Å²) in [4.78, 5) is 13.2. The summed E-state index contributed by atoms with van der Waals surface area (Å²) in [6, 6.07) is 6.43. The average molecular weight is 414 g/mol. The van der Waals surface area contributed by atoms with Gasteiger partial charge in [0, 0.05) is 12.0 Å². The number of hydrogen-bond acceptors (Lipinski definition) is 5. The molecule has 7 heteroatoms. The van der Waals surface area contributed by atoms with E-state index in [4.69, 9.17) is 18.9 Å². The Morgan fingerprint density at radius 1 is 1.23 bits per heavy atom. The van der Waals surface area contributed by atoms with Crippen LogP contribution in [0.2, 0.25) is 0 Å². The zero-order chi connectivity index (χ0) is 20.9. The lowest BCUT2D eigenvalue weighted by atomic mass is 9.87. The van der Waals surface area contributed by atoms with E-state index in [1.807, 2.05) is 6.07 Å². The largest absolute Gasteiger partial charge is 0.492 e. The van der Waals surface area contributed by atoms with Crippen molar-refractivity contribution in [3.63, 3.8) is 0 Å². The van der Waals surface area contributed by atoms with Crippen molar-refractivity contribution in [1.29, 1.82) is 0 Å². The molecule has 30 heavy (non-hydrogen) atoms. The highest BCUT2D eigenvalue weighted by atomic mass is 19.1. The molecular formula is C23H25FNO5+. The lowest BCUT2D eigenvalue weighted by Gasteiger charge is -2.35. The number of benzene rings is 2. The van der Waals surface area contributed by atoms with Crippen molar-refractivity contribution < 1.29 is 32.6 Å². The number of methoxy groups -OCH3 is 1. The first-order valence-corrected chi connectivity index (χ1v) is 10.4. The predicted octanol–water partition coefficient (Wildman–Crippen LogP) is 3.66. The van der Waals surface area contributed by atoms with E-state index in [9.17, 15) is 9.18 Å². The minimum absolute atomic E-state index is 0.0414. The average Bonchev–Trinajstić information content (AvgIpc) is 3.37. The van der Waals surface area contributed by atoms with Crippen LogP contribution < -0.4 is 18.9 Å². The van der Waals surface area contributed by atoms with Gasteiger partial charge in [-0.2, -0.15) is 0 Å². The molecule has 1 saturated heterocycles. The highest BCUT2D eigenvalue weighted by Crippen LogP contribution is 2.54. The van der Waals surface area contributed by atoms with E-state index in [1.54, 1.807) is 20.1 Å². The number of carbonyl (C=O) groups is 1. The minimum atomic E-state index is -0.511. The predicted molar refractivity (Wildman–Crippen MR) is 107 cm³/mol. The molecule has 1 spiro atoms. The summed E-state index contributed by atoms with van der Waals surface area (Å²) in [5.74, 6) is 1.55. The maximum absolute atomic E-state index is 14.3. The SMILES string of the molecule is CCOc1ccc(C(=O)CC2c3c(cc4c(c3OC)OCO4)CC[N+]23CC3)cc1F. The molecule has 3 aliphatic rings. The number of ketones is 1. The zero-order valence-corrected chi connectivity index (χ0v) is 17.2. The maximum Gasteiger partial charge on any atom is 0.231 e. The molecule has 1 atom stereocenters. The Labute approximate surface area is 174 Å². The van der Waals surface area contributed by atoms with Crippen molar-refractivity contribution in [2.75, 3.05) is 40.1 Å². The van der Waals surface area contributed by atoms with Crippen LogP contribution in [0.3, 0.4) is 0 Å². The van der Waals surface area contributed by atoms with Gasteiger partial charge in [0.25, 0.3) is 0 Å². The quantitative estimate of drug-likeness (QED) is 0.410. The van der Waals surface area contributed by atoms with Crippen molar-refractivity contribution in [2.45, 2.75) is 25.8 Å². The van der Waals surface area contributed by atoms with Crippen molar-refractivity contribution in [1.82, 2.24) is 0 Å². The van der Waals surface area contributed by atoms with Crippen molar-refractivity contribution >= 4 is 5.78 Å². The summed E-state index contributed by atoms with van der Waals surface area (Å²) >= 11 is 0. The molecule has 3 aliphatic heterocycles. The highest BCUT2D eigenvalue weighted by Gasteiger charge is 2.54. The number of rotatable bonds is 6. The number of hydrogen-bond donors (Lipinski definition) is 0. The van der Waals surface area contributed by atoms with Crippen LogP contribution in [0, 0.1) is 5.82 Å². The molecule has 2 aromatic rings. The molecule has 2 aromatic carbocycles. The van der Waals surface area contributed by atoms with Gasteiger partial charge in [-0.25, -0.2) is 4.39 Å². The van der Waals surface area contributed by atoms with Gasteiger partial charge < -0.3 is 23.4 Å². The van der Waals surface area contributed by atoms with E-state index >= 15 is 0 Å². The smallest absolute Gasteiger partial charge is 0.231 e.